The van der Waals surface area contributed by atoms with Crippen LogP contribution in [-0.4, -0.2) is 22.3 Å². The number of carbonyl (C=O) groups excluding carboxylic acids is 1. The maximum Gasteiger partial charge on any atom is 0.251 e. The van der Waals surface area contributed by atoms with E-state index in [2.05, 4.69) is 46.9 Å². The molecule has 1 aliphatic heterocycles. The van der Waals surface area contributed by atoms with E-state index in [0.717, 1.165) is 28.0 Å². The number of hydrogen-bond donors (Lipinski definition) is 1. The van der Waals surface area contributed by atoms with E-state index in [-0.39, 0.29) is 12.7 Å². The Balaban J connectivity index is 1.35. The molecule has 1 aromatic heterocycles. The van der Waals surface area contributed by atoms with E-state index in [1.165, 1.54) is 11.1 Å². The Bertz CT molecular complexity index is 1280. The number of aryl methyl sites for hydroxylation is 2. The maximum absolute atomic E-state index is 12.7. The highest BCUT2D eigenvalue weighted by Gasteiger charge is 2.14. The number of ether oxygens (including phenoxy) is 2. The molecule has 30 heavy (non-hydrogen) atoms. The van der Waals surface area contributed by atoms with E-state index in [0.29, 0.717) is 17.9 Å². The number of imidazole rings is 1. The van der Waals surface area contributed by atoms with Crippen LogP contribution in [0.15, 0.2) is 60.9 Å². The number of fused-ring (bicyclic) bond motifs is 2. The van der Waals surface area contributed by atoms with Gasteiger partial charge in [-0.05, 0) is 61.4 Å². The van der Waals surface area contributed by atoms with Crippen LogP contribution in [0.4, 0.5) is 0 Å². The number of nitrogens with zero attached hydrogens (tertiary/aromatic N) is 2. The van der Waals surface area contributed by atoms with Crippen molar-refractivity contribution < 1.29 is 14.3 Å². The van der Waals surface area contributed by atoms with Crippen LogP contribution in [0.3, 0.4) is 0 Å². The van der Waals surface area contributed by atoms with Crippen LogP contribution in [0, 0.1) is 13.8 Å². The Morgan fingerprint density at radius 2 is 1.90 bits per heavy atom. The summed E-state index contributed by atoms with van der Waals surface area (Å²) in [5.41, 5.74) is 6.77. The van der Waals surface area contributed by atoms with Crippen molar-refractivity contribution >= 4 is 16.9 Å². The Morgan fingerprint density at radius 3 is 2.77 bits per heavy atom. The molecule has 4 aromatic rings. The van der Waals surface area contributed by atoms with Crippen molar-refractivity contribution in [1.29, 1.82) is 0 Å². The molecular formula is C24H21N3O3. The van der Waals surface area contributed by atoms with Gasteiger partial charge in [-0.15, -0.1) is 0 Å². The fourth-order valence-corrected chi connectivity index (χ4v) is 3.76. The number of aromatic nitrogens is 2. The predicted molar refractivity (Wildman–Crippen MR) is 114 cm³/mol. The summed E-state index contributed by atoms with van der Waals surface area (Å²) in [7, 11) is 0. The molecule has 0 saturated heterocycles. The molecule has 1 N–H and O–H groups in total. The first-order valence-electron chi connectivity index (χ1n) is 9.80. The molecule has 1 aliphatic rings. The normalized spacial score (nSPS) is 12.3. The van der Waals surface area contributed by atoms with E-state index in [9.17, 15) is 4.79 Å². The first kappa shape index (κ1) is 18.2. The zero-order valence-corrected chi connectivity index (χ0v) is 16.8. The van der Waals surface area contributed by atoms with Crippen molar-refractivity contribution in [3.63, 3.8) is 0 Å². The number of rotatable bonds is 4. The molecule has 6 nitrogen and oxygen atoms in total. The van der Waals surface area contributed by atoms with Crippen LogP contribution in [0.2, 0.25) is 0 Å². The van der Waals surface area contributed by atoms with Crippen LogP contribution in [-0.2, 0) is 6.54 Å². The number of amides is 1. The molecule has 0 atom stereocenters. The molecule has 0 spiro atoms. The second kappa shape index (κ2) is 7.22. The molecule has 0 radical (unpaired) electrons. The Labute approximate surface area is 174 Å². The smallest absolute Gasteiger partial charge is 0.251 e. The summed E-state index contributed by atoms with van der Waals surface area (Å²) < 4.78 is 12.8. The molecule has 6 heteroatoms. The van der Waals surface area contributed by atoms with Gasteiger partial charge in [-0.25, -0.2) is 4.98 Å². The van der Waals surface area contributed by atoms with E-state index in [1.54, 1.807) is 6.33 Å². The summed E-state index contributed by atoms with van der Waals surface area (Å²) in [5.74, 6) is 1.30. The van der Waals surface area contributed by atoms with Gasteiger partial charge >= 0.3 is 0 Å². The van der Waals surface area contributed by atoms with Crippen molar-refractivity contribution in [2.75, 3.05) is 6.79 Å². The van der Waals surface area contributed by atoms with E-state index >= 15 is 0 Å². The van der Waals surface area contributed by atoms with Crippen LogP contribution in [0.25, 0.3) is 16.7 Å². The molecule has 5 rings (SSSR count). The number of carbonyl (C=O) groups is 1. The zero-order valence-electron chi connectivity index (χ0n) is 16.8. The fourth-order valence-electron chi connectivity index (χ4n) is 3.76. The lowest BCUT2D eigenvalue weighted by molar-refractivity contribution is 0.0951. The molecule has 0 bridgehead atoms. The number of nitrogens with one attached hydrogen (secondary N) is 1. The minimum atomic E-state index is -0.143. The van der Waals surface area contributed by atoms with Crippen molar-refractivity contribution in [3.05, 3.63) is 83.2 Å². The molecule has 2 heterocycles. The van der Waals surface area contributed by atoms with Gasteiger partial charge in [0.25, 0.3) is 5.91 Å². The number of benzene rings is 3. The highest BCUT2D eigenvalue weighted by Crippen LogP contribution is 2.32. The summed E-state index contributed by atoms with van der Waals surface area (Å²) in [4.78, 5) is 17.2. The van der Waals surface area contributed by atoms with Crippen LogP contribution >= 0.6 is 0 Å². The maximum atomic E-state index is 12.7. The minimum Gasteiger partial charge on any atom is -0.454 e. The van der Waals surface area contributed by atoms with Gasteiger partial charge in [0.1, 0.15) is 6.33 Å². The van der Waals surface area contributed by atoms with Gasteiger partial charge < -0.3 is 14.8 Å². The second-order valence-electron chi connectivity index (χ2n) is 7.48. The van der Waals surface area contributed by atoms with Crippen molar-refractivity contribution in [1.82, 2.24) is 14.9 Å². The SMILES string of the molecule is Cc1ccc(-n2cnc3cc(C(=O)NCc4ccc5c(c4)OCO5)ccc32)c(C)c1. The first-order valence-corrected chi connectivity index (χ1v) is 9.80. The molecule has 3 aromatic carbocycles. The quantitative estimate of drug-likeness (QED) is 0.556. The lowest BCUT2D eigenvalue weighted by Gasteiger charge is -2.10. The van der Waals surface area contributed by atoms with Crippen LogP contribution in [0.1, 0.15) is 27.0 Å². The highest BCUT2D eigenvalue weighted by atomic mass is 16.7. The monoisotopic (exact) mass is 399 g/mol. The zero-order chi connectivity index (χ0) is 20.7. The van der Waals surface area contributed by atoms with Gasteiger partial charge in [-0.2, -0.15) is 0 Å². The lowest BCUT2D eigenvalue weighted by Crippen LogP contribution is -2.22. The lowest BCUT2D eigenvalue weighted by atomic mass is 10.1. The van der Waals surface area contributed by atoms with E-state index < -0.39 is 0 Å². The average Bonchev–Trinajstić information content (AvgIpc) is 3.38. The summed E-state index contributed by atoms with van der Waals surface area (Å²) in [5, 5.41) is 2.96. The largest absolute Gasteiger partial charge is 0.454 e. The minimum absolute atomic E-state index is 0.143. The van der Waals surface area contributed by atoms with E-state index in [4.69, 9.17) is 9.47 Å². The molecule has 0 saturated carbocycles. The summed E-state index contributed by atoms with van der Waals surface area (Å²) in [6, 6.07) is 17.6. The van der Waals surface area contributed by atoms with Crippen LogP contribution in [0.5, 0.6) is 11.5 Å². The van der Waals surface area contributed by atoms with Crippen molar-refractivity contribution in [3.8, 4) is 17.2 Å². The third-order valence-corrected chi connectivity index (χ3v) is 5.31. The Kier molecular flexibility index (Phi) is 4.39. The van der Waals surface area contributed by atoms with Gasteiger partial charge in [0, 0.05) is 12.1 Å². The van der Waals surface area contributed by atoms with E-state index in [1.807, 2.05) is 36.4 Å². The standard InChI is InChI=1S/C24H21N3O3/c1-15-3-6-20(16(2)9-15)27-13-26-19-11-18(5-7-21(19)27)24(28)25-12-17-4-8-22-23(10-17)30-14-29-22/h3-11,13H,12,14H2,1-2H3,(H,25,28). The van der Waals surface area contributed by atoms with Crippen LogP contribution < -0.4 is 14.8 Å². The molecule has 0 unspecified atom stereocenters. The summed E-state index contributed by atoms with van der Waals surface area (Å²) >= 11 is 0. The van der Waals surface area contributed by atoms with Gasteiger partial charge in [-0.3, -0.25) is 9.36 Å². The Morgan fingerprint density at radius 1 is 1.03 bits per heavy atom. The molecular weight excluding hydrogens is 378 g/mol. The van der Waals surface area contributed by atoms with Crippen molar-refractivity contribution in [2.24, 2.45) is 0 Å². The summed E-state index contributed by atoms with van der Waals surface area (Å²) in [6.45, 7) is 4.81. The molecule has 0 aliphatic carbocycles. The third-order valence-electron chi connectivity index (χ3n) is 5.31. The molecule has 1 amide bonds. The third kappa shape index (κ3) is 3.26. The first-order chi connectivity index (χ1) is 14.6. The summed E-state index contributed by atoms with van der Waals surface area (Å²) in [6.07, 6.45) is 1.80. The second-order valence-corrected chi connectivity index (χ2v) is 7.48. The average molecular weight is 399 g/mol. The van der Waals surface area contributed by atoms with Gasteiger partial charge in [0.15, 0.2) is 11.5 Å². The van der Waals surface area contributed by atoms with Gasteiger partial charge in [-0.1, -0.05) is 23.8 Å². The molecule has 150 valence electrons. The Hall–Kier alpha value is -3.80. The highest BCUT2D eigenvalue weighted by molar-refractivity contribution is 5.97. The van der Waals surface area contributed by atoms with Gasteiger partial charge in [0.05, 0.1) is 16.7 Å². The fraction of sp³-hybridized carbons (Fsp3) is 0.167. The van der Waals surface area contributed by atoms with Crippen molar-refractivity contribution in [2.45, 2.75) is 20.4 Å². The molecule has 0 fully saturated rings. The number of hydrogen-bond acceptors (Lipinski definition) is 4. The van der Waals surface area contributed by atoms with Gasteiger partial charge in [0.2, 0.25) is 6.79 Å². The predicted octanol–water partition coefficient (Wildman–Crippen LogP) is 4.30. The topological polar surface area (TPSA) is 65.4 Å².